The van der Waals surface area contributed by atoms with Crippen molar-refractivity contribution in [2.45, 2.75) is 26.2 Å². The molecule has 0 radical (unpaired) electrons. The van der Waals surface area contributed by atoms with Crippen LogP contribution >= 0.6 is 0 Å². The summed E-state index contributed by atoms with van der Waals surface area (Å²) >= 11 is 0. The minimum Gasteiger partial charge on any atom is -0.480 e. The van der Waals surface area contributed by atoms with E-state index in [0.29, 0.717) is 0 Å². The van der Waals surface area contributed by atoms with Crippen molar-refractivity contribution < 1.29 is 9.90 Å². The molecule has 3 nitrogen and oxygen atoms in total. The fourth-order valence-electron chi connectivity index (χ4n) is 1.44. The Morgan fingerprint density at radius 2 is 2.21 bits per heavy atom. The molecule has 0 atom stereocenters. The first-order valence-electron chi connectivity index (χ1n) is 5.16. The molecule has 0 heterocycles. The maximum absolute atomic E-state index is 10.6. The molecule has 1 N–H and O–H groups in total. The van der Waals surface area contributed by atoms with Crippen LogP contribution in [0.15, 0.2) is 12.2 Å². The van der Waals surface area contributed by atoms with E-state index in [0.717, 1.165) is 31.0 Å². The molecule has 0 saturated heterocycles. The Hall–Kier alpha value is -0.830. The molecule has 0 unspecified atom stereocenters. The third kappa shape index (κ3) is 5.02. The lowest BCUT2D eigenvalue weighted by molar-refractivity contribution is -0.138. The van der Waals surface area contributed by atoms with Gasteiger partial charge >= 0.3 is 5.97 Å². The van der Waals surface area contributed by atoms with E-state index in [1.54, 1.807) is 0 Å². The number of nitrogens with zero attached hydrogens (tertiary/aromatic N) is 1. The van der Waals surface area contributed by atoms with Crippen LogP contribution in [0.3, 0.4) is 0 Å². The highest BCUT2D eigenvalue weighted by molar-refractivity contribution is 5.69. The first kappa shape index (κ1) is 11.2. The van der Waals surface area contributed by atoms with Gasteiger partial charge in [0.2, 0.25) is 0 Å². The van der Waals surface area contributed by atoms with Crippen molar-refractivity contribution in [3.63, 3.8) is 0 Å². The molecule has 1 saturated carbocycles. The summed E-state index contributed by atoms with van der Waals surface area (Å²) in [6.07, 6.45) is 3.44. The van der Waals surface area contributed by atoms with Crippen molar-refractivity contribution in [3.8, 4) is 0 Å². The van der Waals surface area contributed by atoms with Crippen LogP contribution in [-0.2, 0) is 4.79 Å². The van der Waals surface area contributed by atoms with Gasteiger partial charge in [-0.25, -0.2) is 0 Å². The van der Waals surface area contributed by atoms with Crippen LogP contribution in [-0.4, -0.2) is 35.6 Å². The molecule has 0 aliphatic heterocycles. The number of hydrogen-bond donors (Lipinski definition) is 1. The highest BCUT2D eigenvalue weighted by Gasteiger charge is 2.24. The molecule has 0 aromatic heterocycles. The lowest BCUT2D eigenvalue weighted by atomic mass is 10.2. The molecule has 0 aromatic rings. The molecule has 1 fully saturated rings. The minimum atomic E-state index is -0.729. The summed E-state index contributed by atoms with van der Waals surface area (Å²) in [5.74, 6) is 0.0202. The fourth-order valence-corrected chi connectivity index (χ4v) is 1.44. The average Bonchev–Trinajstić information content (AvgIpc) is 2.83. The highest BCUT2D eigenvalue weighted by atomic mass is 16.4. The summed E-state index contributed by atoms with van der Waals surface area (Å²) in [6, 6.07) is 0. The summed E-state index contributed by atoms with van der Waals surface area (Å²) in [5, 5.41) is 8.72. The Balaban J connectivity index is 2.26. The van der Waals surface area contributed by atoms with Crippen LogP contribution in [0.1, 0.15) is 26.2 Å². The van der Waals surface area contributed by atoms with Crippen LogP contribution in [0.25, 0.3) is 0 Å². The van der Waals surface area contributed by atoms with Crippen LogP contribution in [0.2, 0.25) is 0 Å². The zero-order valence-corrected chi connectivity index (χ0v) is 8.83. The van der Waals surface area contributed by atoms with Gasteiger partial charge in [-0.1, -0.05) is 5.57 Å². The number of rotatable bonds is 7. The number of carboxylic acid groups (broad SMARTS) is 1. The zero-order valence-electron chi connectivity index (χ0n) is 8.83. The van der Waals surface area contributed by atoms with Crippen molar-refractivity contribution in [1.29, 1.82) is 0 Å². The molecule has 0 amide bonds. The van der Waals surface area contributed by atoms with Gasteiger partial charge in [-0.2, -0.15) is 0 Å². The predicted molar refractivity (Wildman–Crippen MR) is 56.2 cm³/mol. The van der Waals surface area contributed by atoms with E-state index in [-0.39, 0.29) is 6.54 Å². The molecule has 1 aliphatic rings. The SMILES string of the molecule is C=C(C)CCN(CC(=O)O)CC1CC1. The average molecular weight is 197 g/mol. The predicted octanol–water partition coefficient (Wildman–Crippen LogP) is 1.75. The number of carbonyl (C=O) groups is 1. The van der Waals surface area contributed by atoms with Gasteiger partial charge in [0.25, 0.3) is 0 Å². The molecule has 0 aromatic carbocycles. The Labute approximate surface area is 85.4 Å². The first-order valence-corrected chi connectivity index (χ1v) is 5.16. The Bertz CT molecular complexity index is 221. The zero-order chi connectivity index (χ0) is 10.6. The normalized spacial score (nSPS) is 15.9. The third-order valence-corrected chi connectivity index (χ3v) is 2.43. The summed E-state index contributed by atoms with van der Waals surface area (Å²) in [7, 11) is 0. The van der Waals surface area contributed by atoms with E-state index in [9.17, 15) is 4.79 Å². The van der Waals surface area contributed by atoms with E-state index in [2.05, 4.69) is 6.58 Å². The van der Waals surface area contributed by atoms with E-state index < -0.39 is 5.97 Å². The van der Waals surface area contributed by atoms with Crippen molar-refractivity contribution >= 4 is 5.97 Å². The van der Waals surface area contributed by atoms with Gasteiger partial charge in [-0.3, -0.25) is 9.69 Å². The fraction of sp³-hybridized carbons (Fsp3) is 0.727. The minimum absolute atomic E-state index is 0.170. The van der Waals surface area contributed by atoms with Crippen molar-refractivity contribution in [3.05, 3.63) is 12.2 Å². The lowest BCUT2D eigenvalue weighted by Crippen LogP contribution is -2.32. The molecular weight excluding hydrogens is 178 g/mol. The molecule has 3 heteroatoms. The van der Waals surface area contributed by atoms with E-state index in [1.807, 2.05) is 11.8 Å². The summed E-state index contributed by atoms with van der Waals surface area (Å²) in [5.41, 5.74) is 1.12. The van der Waals surface area contributed by atoms with Crippen molar-refractivity contribution in [2.75, 3.05) is 19.6 Å². The quantitative estimate of drug-likeness (QED) is 0.632. The first-order chi connectivity index (χ1) is 6.58. The summed E-state index contributed by atoms with van der Waals surface area (Å²) < 4.78 is 0. The van der Waals surface area contributed by atoms with E-state index >= 15 is 0 Å². The van der Waals surface area contributed by atoms with Gasteiger partial charge in [0.1, 0.15) is 0 Å². The second kappa shape index (κ2) is 5.15. The van der Waals surface area contributed by atoms with Crippen LogP contribution < -0.4 is 0 Å². The molecule has 0 bridgehead atoms. The molecule has 1 rings (SSSR count). The lowest BCUT2D eigenvalue weighted by Gasteiger charge is -2.19. The summed E-state index contributed by atoms with van der Waals surface area (Å²) in [4.78, 5) is 12.6. The number of carboxylic acids is 1. The van der Waals surface area contributed by atoms with Gasteiger partial charge in [-0.05, 0) is 32.1 Å². The van der Waals surface area contributed by atoms with Gasteiger partial charge in [0.05, 0.1) is 6.54 Å². The van der Waals surface area contributed by atoms with Crippen LogP contribution in [0.4, 0.5) is 0 Å². The maximum Gasteiger partial charge on any atom is 0.317 e. The second-order valence-electron chi connectivity index (χ2n) is 4.28. The van der Waals surface area contributed by atoms with E-state index in [1.165, 1.54) is 12.8 Å². The van der Waals surface area contributed by atoms with Crippen LogP contribution in [0, 0.1) is 5.92 Å². The monoisotopic (exact) mass is 197 g/mol. The molecule has 1 aliphatic carbocycles. The van der Waals surface area contributed by atoms with Gasteiger partial charge < -0.3 is 5.11 Å². The van der Waals surface area contributed by atoms with E-state index in [4.69, 9.17) is 5.11 Å². The van der Waals surface area contributed by atoms with Crippen LogP contribution in [0.5, 0.6) is 0 Å². The van der Waals surface area contributed by atoms with Gasteiger partial charge in [-0.15, -0.1) is 6.58 Å². The molecule has 80 valence electrons. The Morgan fingerprint density at radius 1 is 1.57 bits per heavy atom. The van der Waals surface area contributed by atoms with Gasteiger partial charge in [0, 0.05) is 13.1 Å². The maximum atomic E-state index is 10.6. The topological polar surface area (TPSA) is 40.5 Å². The standard InChI is InChI=1S/C11H19NO2/c1-9(2)5-6-12(8-11(13)14)7-10-3-4-10/h10H,1,3-8H2,2H3,(H,13,14). The number of hydrogen-bond acceptors (Lipinski definition) is 2. The van der Waals surface area contributed by atoms with Crippen molar-refractivity contribution in [1.82, 2.24) is 4.90 Å². The largest absolute Gasteiger partial charge is 0.480 e. The highest BCUT2D eigenvalue weighted by Crippen LogP contribution is 2.29. The van der Waals surface area contributed by atoms with Crippen molar-refractivity contribution in [2.24, 2.45) is 5.92 Å². The Morgan fingerprint density at radius 3 is 2.64 bits per heavy atom. The molecule has 0 spiro atoms. The molecular formula is C11H19NO2. The summed E-state index contributed by atoms with van der Waals surface area (Å²) in [6.45, 7) is 7.76. The smallest absolute Gasteiger partial charge is 0.317 e. The second-order valence-corrected chi connectivity index (χ2v) is 4.28. The third-order valence-electron chi connectivity index (χ3n) is 2.43. The number of aliphatic carboxylic acids is 1. The molecule has 14 heavy (non-hydrogen) atoms. The Kier molecular flexibility index (Phi) is 4.14. The van der Waals surface area contributed by atoms with Gasteiger partial charge in [0.15, 0.2) is 0 Å².